The number of hydrogen-bond donors (Lipinski definition) is 0. The zero-order valence-electron chi connectivity index (χ0n) is 10.7. The summed E-state index contributed by atoms with van der Waals surface area (Å²) in [6.07, 6.45) is 0.692. The van der Waals surface area contributed by atoms with Gasteiger partial charge in [0.2, 0.25) is 10.0 Å². The molecule has 1 aliphatic rings. The van der Waals surface area contributed by atoms with E-state index in [1.165, 1.54) is 4.88 Å². The SMILES string of the molecule is CCCS(=O)(=O)N1CCN(Cc2cccs2)CC1. The average molecular weight is 288 g/mol. The van der Waals surface area contributed by atoms with Crippen LogP contribution >= 0.6 is 11.3 Å². The summed E-state index contributed by atoms with van der Waals surface area (Å²) in [5.41, 5.74) is 0. The highest BCUT2D eigenvalue weighted by Gasteiger charge is 2.25. The molecule has 0 N–H and O–H groups in total. The summed E-state index contributed by atoms with van der Waals surface area (Å²) in [4.78, 5) is 3.67. The fraction of sp³-hybridized carbons (Fsp3) is 0.667. The molecular weight excluding hydrogens is 268 g/mol. The molecule has 0 bridgehead atoms. The Morgan fingerprint density at radius 1 is 1.28 bits per heavy atom. The monoisotopic (exact) mass is 288 g/mol. The van der Waals surface area contributed by atoms with E-state index < -0.39 is 10.0 Å². The third-order valence-corrected chi connectivity index (χ3v) is 6.08. The van der Waals surface area contributed by atoms with Gasteiger partial charge in [0, 0.05) is 37.6 Å². The highest BCUT2D eigenvalue weighted by Crippen LogP contribution is 2.15. The Bertz CT molecular complexity index is 448. The maximum Gasteiger partial charge on any atom is 0.214 e. The Balaban J connectivity index is 1.84. The molecule has 0 atom stereocenters. The largest absolute Gasteiger partial charge is 0.296 e. The lowest BCUT2D eigenvalue weighted by Gasteiger charge is -2.33. The minimum absolute atomic E-state index is 0.276. The maximum absolute atomic E-state index is 11.9. The van der Waals surface area contributed by atoms with Crippen molar-refractivity contribution in [2.75, 3.05) is 31.9 Å². The van der Waals surface area contributed by atoms with Crippen LogP contribution in [0.4, 0.5) is 0 Å². The average Bonchev–Trinajstić information content (AvgIpc) is 2.82. The molecular formula is C12H20N2O2S2. The number of thiophene rings is 1. The topological polar surface area (TPSA) is 40.6 Å². The van der Waals surface area contributed by atoms with Crippen molar-refractivity contribution in [3.05, 3.63) is 22.4 Å². The normalized spacial score (nSPS) is 19.2. The minimum Gasteiger partial charge on any atom is -0.296 e. The lowest BCUT2D eigenvalue weighted by atomic mass is 10.3. The highest BCUT2D eigenvalue weighted by molar-refractivity contribution is 7.89. The molecule has 1 aromatic heterocycles. The van der Waals surface area contributed by atoms with Gasteiger partial charge in [-0.3, -0.25) is 4.90 Å². The first-order valence-electron chi connectivity index (χ1n) is 6.34. The predicted molar refractivity (Wildman–Crippen MR) is 75.2 cm³/mol. The first kappa shape index (κ1) is 14.0. The van der Waals surface area contributed by atoms with E-state index in [1.807, 2.05) is 6.92 Å². The van der Waals surface area contributed by atoms with Crippen molar-refractivity contribution in [1.82, 2.24) is 9.21 Å². The van der Waals surface area contributed by atoms with Crippen LogP contribution in [0, 0.1) is 0 Å². The van der Waals surface area contributed by atoms with Gasteiger partial charge in [0.15, 0.2) is 0 Å². The van der Waals surface area contributed by atoms with E-state index >= 15 is 0 Å². The molecule has 0 amide bonds. The molecule has 2 heterocycles. The van der Waals surface area contributed by atoms with Crippen LogP contribution < -0.4 is 0 Å². The molecule has 102 valence electrons. The summed E-state index contributed by atoms with van der Waals surface area (Å²) < 4.78 is 25.5. The van der Waals surface area contributed by atoms with Gasteiger partial charge >= 0.3 is 0 Å². The van der Waals surface area contributed by atoms with Gasteiger partial charge in [-0.1, -0.05) is 13.0 Å². The Morgan fingerprint density at radius 2 is 2.00 bits per heavy atom. The van der Waals surface area contributed by atoms with Crippen LogP contribution in [-0.4, -0.2) is 49.6 Å². The molecule has 0 spiro atoms. The van der Waals surface area contributed by atoms with Crippen LogP contribution in [0.1, 0.15) is 18.2 Å². The van der Waals surface area contributed by atoms with Gasteiger partial charge in [0.25, 0.3) is 0 Å². The Kier molecular flexibility index (Phi) is 4.77. The smallest absolute Gasteiger partial charge is 0.214 e. The summed E-state index contributed by atoms with van der Waals surface area (Å²) >= 11 is 1.76. The fourth-order valence-electron chi connectivity index (χ4n) is 2.18. The van der Waals surface area contributed by atoms with Crippen LogP contribution in [0.2, 0.25) is 0 Å². The van der Waals surface area contributed by atoms with Crippen LogP contribution in [-0.2, 0) is 16.6 Å². The molecule has 1 aromatic rings. The number of rotatable bonds is 5. The van der Waals surface area contributed by atoms with Crippen molar-refractivity contribution >= 4 is 21.4 Å². The van der Waals surface area contributed by atoms with E-state index in [0.717, 1.165) is 19.6 Å². The molecule has 1 saturated heterocycles. The van der Waals surface area contributed by atoms with E-state index in [-0.39, 0.29) is 5.75 Å². The molecule has 0 aliphatic carbocycles. The summed E-state index contributed by atoms with van der Waals surface area (Å²) in [6, 6.07) is 4.19. The van der Waals surface area contributed by atoms with Crippen molar-refractivity contribution < 1.29 is 8.42 Å². The lowest BCUT2D eigenvalue weighted by Crippen LogP contribution is -2.48. The van der Waals surface area contributed by atoms with Crippen molar-refractivity contribution in [3.63, 3.8) is 0 Å². The number of nitrogens with zero attached hydrogens (tertiary/aromatic N) is 2. The third-order valence-electron chi connectivity index (χ3n) is 3.15. The second-order valence-electron chi connectivity index (χ2n) is 4.57. The van der Waals surface area contributed by atoms with E-state index in [0.29, 0.717) is 19.5 Å². The molecule has 0 unspecified atom stereocenters. The van der Waals surface area contributed by atoms with E-state index in [9.17, 15) is 8.42 Å². The van der Waals surface area contributed by atoms with Crippen LogP contribution in [0.15, 0.2) is 17.5 Å². The molecule has 0 aromatic carbocycles. The van der Waals surface area contributed by atoms with Crippen LogP contribution in [0.25, 0.3) is 0 Å². The number of piperazine rings is 1. The quantitative estimate of drug-likeness (QED) is 0.826. The summed E-state index contributed by atoms with van der Waals surface area (Å²) in [7, 11) is -3.01. The Hall–Kier alpha value is -0.430. The second kappa shape index (κ2) is 6.14. The second-order valence-corrected chi connectivity index (χ2v) is 7.69. The Labute approximate surface area is 113 Å². The predicted octanol–water partition coefficient (Wildman–Crippen LogP) is 1.61. The van der Waals surface area contributed by atoms with E-state index in [2.05, 4.69) is 22.4 Å². The fourth-order valence-corrected chi connectivity index (χ4v) is 4.42. The standard InChI is InChI=1S/C12H20N2O2S2/c1-2-10-18(15,16)14-7-5-13(6-8-14)11-12-4-3-9-17-12/h3-4,9H,2,5-8,10-11H2,1H3. The number of sulfonamides is 1. The molecule has 0 saturated carbocycles. The van der Waals surface area contributed by atoms with Gasteiger partial charge in [-0.25, -0.2) is 8.42 Å². The Morgan fingerprint density at radius 3 is 2.56 bits per heavy atom. The molecule has 1 aliphatic heterocycles. The van der Waals surface area contributed by atoms with Gasteiger partial charge in [-0.05, 0) is 17.9 Å². The molecule has 2 rings (SSSR count). The molecule has 6 heteroatoms. The van der Waals surface area contributed by atoms with Crippen molar-refractivity contribution in [2.45, 2.75) is 19.9 Å². The van der Waals surface area contributed by atoms with Crippen LogP contribution in [0.5, 0.6) is 0 Å². The van der Waals surface area contributed by atoms with E-state index in [4.69, 9.17) is 0 Å². The van der Waals surface area contributed by atoms with Crippen LogP contribution in [0.3, 0.4) is 0 Å². The summed E-state index contributed by atoms with van der Waals surface area (Å²) in [5, 5.41) is 2.08. The van der Waals surface area contributed by atoms with Gasteiger partial charge in [-0.15, -0.1) is 11.3 Å². The van der Waals surface area contributed by atoms with Crippen molar-refractivity contribution in [1.29, 1.82) is 0 Å². The highest BCUT2D eigenvalue weighted by atomic mass is 32.2. The van der Waals surface area contributed by atoms with E-state index in [1.54, 1.807) is 15.6 Å². The maximum atomic E-state index is 11.9. The zero-order valence-corrected chi connectivity index (χ0v) is 12.3. The van der Waals surface area contributed by atoms with Gasteiger partial charge in [-0.2, -0.15) is 4.31 Å². The molecule has 0 radical (unpaired) electrons. The lowest BCUT2D eigenvalue weighted by molar-refractivity contribution is 0.183. The van der Waals surface area contributed by atoms with Gasteiger partial charge in [0.1, 0.15) is 0 Å². The number of hydrogen-bond acceptors (Lipinski definition) is 4. The first-order valence-corrected chi connectivity index (χ1v) is 8.83. The first-order chi connectivity index (χ1) is 8.62. The molecule has 18 heavy (non-hydrogen) atoms. The van der Waals surface area contributed by atoms with Gasteiger partial charge in [0.05, 0.1) is 5.75 Å². The minimum atomic E-state index is -3.01. The summed E-state index contributed by atoms with van der Waals surface area (Å²) in [5.74, 6) is 0.276. The molecule has 4 nitrogen and oxygen atoms in total. The van der Waals surface area contributed by atoms with Crippen molar-refractivity contribution in [2.24, 2.45) is 0 Å². The third kappa shape index (κ3) is 3.54. The zero-order chi connectivity index (χ0) is 13.0. The summed E-state index contributed by atoms with van der Waals surface area (Å²) in [6.45, 7) is 5.78. The molecule has 1 fully saturated rings. The van der Waals surface area contributed by atoms with Crippen molar-refractivity contribution in [3.8, 4) is 0 Å². The van der Waals surface area contributed by atoms with Gasteiger partial charge < -0.3 is 0 Å².